The monoisotopic (exact) mass is 457 g/mol. The van der Waals surface area contributed by atoms with Crippen molar-refractivity contribution in [3.8, 4) is 17.2 Å². The molecule has 2 bridgehead atoms. The second kappa shape index (κ2) is 8.84. The molecule has 2 aromatic rings. The van der Waals surface area contributed by atoms with E-state index in [1.165, 1.54) is 0 Å². The number of benzene rings is 2. The predicted molar refractivity (Wildman–Crippen MR) is 124 cm³/mol. The summed E-state index contributed by atoms with van der Waals surface area (Å²) >= 11 is 5.66. The van der Waals surface area contributed by atoms with Crippen molar-refractivity contribution in [2.24, 2.45) is 5.92 Å². The Morgan fingerprint density at radius 2 is 1.84 bits per heavy atom. The first-order chi connectivity index (χ1) is 15.4. The van der Waals surface area contributed by atoms with Crippen molar-refractivity contribution in [1.82, 2.24) is 10.2 Å². The van der Waals surface area contributed by atoms with Crippen LogP contribution in [0.5, 0.6) is 17.2 Å². The lowest BCUT2D eigenvalue weighted by Gasteiger charge is -2.56. The molecule has 0 aliphatic carbocycles. The summed E-state index contributed by atoms with van der Waals surface area (Å²) in [5, 5.41) is 6.89. The number of ether oxygens (including phenoxy) is 4. The molecule has 0 saturated carbocycles. The number of hydrogen-bond acceptors (Lipinski definition) is 6. The van der Waals surface area contributed by atoms with Crippen molar-refractivity contribution in [3.63, 3.8) is 0 Å². The molecule has 0 unspecified atom stereocenters. The van der Waals surface area contributed by atoms with Crippen LogP contribution in [0.4, 0.5) is 5.69 Å². The average Bonchev–Trinajstić information content (AvgIpc) is 2.78. The number of carbonyl (C=O) groups is 1. The highest BCUT2D eigenvalue weighted by molar-refractivity contribution is 7.80. The van der Waals surface area contributed by atoms with Gasteiger partial charge in [0.15, 0.2) is 10.8 Å². The molecule has 9 heteroatoms. The molecule has 0 radical (unpaired) electrons. The molecule has 2 aliphatic rings. The summed E-state index contributed by atoms with van der Waals surface area (Å²) in [7, 11) is 4.83. The fourth-order valence-electron chi connectivity index (χ4n) is 4.36. The zero-order chi connectivity index (χ0) is 22.9. The molecule has 1 amide bonds. The number of amides is 1. The molecule has 2 N–H and O–H groups in total. The van der Waals surface area contributed by atoms with E-state index < -0.39 is 11.6 Å². The van der Waals surface area contributed by atoms with E-state index >= 15 is 0 Å². The lowest BCUT2D eigenvalue weighted by molar-refractivity contribution is -0.150. The first-order valence-corrected chi connectivity index (χ1v) is 10.7. The standard InChI is InChI=1S/C23H27N3O5S/c1-23-19(21(27)24-14-5-7-15(29-3)8-6-14)20(25-22(32)26(23)11-12-28-2)17-13-16(30-4)9-10-18(17)31-23/h5-10,13,19-20H,11-12H2,1-4H3,(H,24,27)(H,25,32)/t19-,20-,23+/m0/s1. The maximum Gasteiger partial charge on any atom is 0.236 e. The van der Waals surface area contributed by atoms with Gasteiger partial charge in [0.25, 0.3) is 0 Å². The summed E-state index contributed by atoms with van der Waals surface area (Å²) in [6.07, 6.45) is 0. The lowest BCUT2D eigenvalue weighted by atomic mass is 9.78. The van der Waals surface area contributed by atoms with Crippen LogP contribution in [0.1, 0.15) is 18.5 Å². The third-order valence-electron chi connectivity index (χ3n) is 6.00. The van der Waals surface area contributed by atoms with Gasteiger partial charge in [-0.25, -0.2) is 0 Å². The topological polar surface area (TPSA) is 81.3 Å². The zero-order valence-corrected chi connectivity index (χ0v) is 19.3. The van der Waals surface area contributed by atoms with Crippen LogP contribution in [0.25, 0.3) is 0 Å². The summed E-state index contributed by atoms with van der Waals surface area (Å²) in [5.74, 6) is 1.29. The highest BCUT2D eigenvalue weighted by Gasteiger charge is 2.58. The van der Waals surface area contributed by atoms with Crippen LogP contribution in [0.3, 0.4) is 0 Å². The van der Waals surface area contributed by atoms with Crippen LogP contribution in [0, 0.1) is 5.92 Å². The Morgan fingerprint density at radius 1 is 1.16 bits per heavy atom. The van der Waals surface area contributed by atoms with Crippen molar-refractivity contribution in [1.29, 1.82) is 0 Å². The Balaban J connectivity index is 1.73. The predicted octanol–water partition coefficient (Wildman–Crippen LogP) is 2.94. The van der Waals surface area contributed by atoms with Crippen LogP contribution in [-0.4, -0.2) is 56.1 Å². The summed E-state index contributed by atoms with van der Waals surface area (Å²) < 4.78 is 22.4. The molecule has 4 rings (SSSR count). The van der Waals surface area contributed by atoms with E-state index in [0.717, 1.165) is 5.56 Å². The Morgan fingerprint density at radius 3 is 2.50 bits per heavy atom. The molecule has 8 nitrogen and oxygen atoms in total. The Hall–Kier alpha value is -3.04. The van der Waals surface area contributed by atoms with Crippen molar-refractivity contribution in [2.75, 3.05) is 39.8 Å². The largest absolute Gasteiger partial charge is 0.497 e. The maximum absolute atomic E-state index is 13.6. The van der Waals surface area contributed by atoms with Gasteiger partial charge in [0.1, 0.15) is 23.2 Å². The van der Waals surface area contributed by atoms with Crippen LogP contribution in [0.2, 0.25) is 0 Å². The molecule has 0 aromatic heterocycles. The fourth-order valence-corrected chi connectivity index (χ4v) is 4.76. The van der Waals surface area contributed by atoms with Gasteiger partial charge in [-0.2, -0.15) is 0 Å². The molecule has 170 valence electrons. The number of hydrogen-bond donors (Lipinski definition) is 2. The summed E-state index contributed by atoms with van der Waals surface area (Å²) in [6, 6.07) is 12.4. The number of rotatable bonds is 7. The van der Waals surface area contributed by atoms with Crippen molar-refractivity contribution < 1.29 is 23.7 Å². The molecule has 0 spiro atoms. The first-order valence-electron chi connectivity index (χ1n) is 10.3. The van der Waals surface area contributed by atoms with Gasteiger partial charge >= 0.3 is 0 Å². The van der Waals surface area contributed by atoms with Gasteiger partial charge in [-0.3, -0.25) is 4.79 Å². The van der Waals surface area contributed by atoms with Gasteiger partial charge in [0, 0.05) is 24.9 Å². The molecule has 2 aliphatic heterocycles. The maximum atomic E-state index is 13.6. The van der Waals surface area contributed by atoms with E-state index in [2.05, 4.69) is 10.6 Å². The van der Waals surface area contributed by atoms with Crippen LogP contribution in [-0.2, 0) is 9.53 Å². The highest BCUT2D eigenvalue weighted by atomic mass is 32.1. The van der Waals surface area contributed by atoms with Gasteiger partial charge in [-0.1, -0.05) is 0 Å². The van der Waals surface area contributed by atoms with Gasteiger partial charge in [-0.15, -0.1) is 0 Å². The number of nitrogens with one attached hydrogen (secondary N) is 2. The van der Waals surface area contributed by atoms with Crippen LogP contribution >= 0.6 is 12.2 Å². The number of anilines is 1. The Bertz CT molecular complexity index is 1020. The molecule has 2 heterocycles. The van der Waals surface area contributed by atoms with Gasteiger partial charge < -0.3 is 34.5 Å². The molecule has 3 atom stereocenters. The number of methoxy groups -OCH3 is 3. The summed E-state index contributed by atoms with van der Waals surface area (Å²) in [5.41, 5.74) is 0.481. The van der Waals surface area contributed by atoms with E-state index in [4.69, 9.17) is 31.2 Å². The smallest absolute Gasteiger partial charge is 0.236 e. The first kappa shape index (κ1) is 22.2. The Kier molecular flexibility index (Phi) is 6.12. The van der Waals surface area contributed by atoms with E-state index in [1.54, 1.807) is 45.6 Å². The normalized spacial score (nSPS) is 23.5. The van der Waals surface area contributed by atoms with E-state index in [1.807, 2.05) is 30.0 Å². The van der Waals surface area contributed by atoms with Crippen LogP contribution in [0.15, 0.2) is 42.5 Å². The minimum absolute atomic E-state index is 0.187. The zero-order valence-electron chi connectivity index (χ0n) is 18.5. The van der Waals surface area contributed by atoms with Crippen LogP contribution < -0.4 is 24.8 Å². The van der Waals surface area contributed by atoms with Gasteiger partial charge in [-0.05, 0) is 61.6 Å². The third-order valence-corrected chi connectivity index (χ3v) is 6.34. The number of nitrogens with zero attached hydrogens (tertiary/aromatic N) is 1. The molecule has 1 fully saturated rings. The molecule has 2 aromatic carbocycles. The fraction of sp³-hybridized carbons (Fsp3) is 0.391. The number of carbonyl (C=O) groups excluding carboxylic acids is 1. The van der Waals surface area contributed by atoms with E-state index in [0.29, 0.717) is 41.2 Å². The second-order valence-electron chi connectivity index (χ2n) is 7.83. The minimum atomic E-state index is -1.01. The summed E-state index contributed by atoms with van der Waals surface area (Å²) in [4.78, 5) is 15.5. The SMILES string of the molecule is COCCN1C(=S)N[C@H]2c3cc(OC)ccc3O[C@]1(C)[C@@H]2C(=O)Nc1ccc(OC)cc1. The molecular formula is C23H27N3O5S. The number of fused-ring (bicyclic) bond motifs is 4. The van der Waals surface area contributed by atoms with Crippen molar-refractivity contribution in [2.45, 2.75) is 18.7 Å². The number of thiocarbonyl (C=S) groups is 1. The quantitative estimate of drug-likeness (QED) is 0.615. The van der Waals surface area contributed by atoms with E-state index in [-0.39, 0.29) is 11.9 Å². The molecule has 32 heavy (non-hydrogen) atoms. The van der Waals surface area contributed by atoms with Gasteiger partial charge in [0.2, 0.25) is 5.91 Å². The lowest BCUT2D eigenvalue weighted by Crippen LogP contribution is -2.72. The van der Waals surface area contributed by atoms with Crippen molar-refractivity contribution in [3.05, 3.63) is 48.0 Å². The molecule has 1 saturated heterocycles. The Labute approximate surface area is 192 Å². The highest BCUT2D eigenvalue weighted by Crippen LogP contribution is 2.49. The second-order valence-corrected chi connectivity index (χ2v) is 8.21. The van der Waals surface area contributed by atoms with E-state index in [9.17, 15) is 4.79 Å². The third kappa shape index (κ3) is 3.82. The minimum Gasteiger partial charge on any atom is -0.497 e. The van der Waals surface area contributed by atoms with Gasteiger partial charge in [0.05, 0.1) is 26.9 Å². The average molecular weight is 458 g/mol. The summed E-state index contributed by atoms with van der Waals surface area (Å²) in [6.45, 7) is 2.81. The van der Waals surface area contributed by atoms with Crippen molar-refractivity contribution >= 4 is 28.9 Å². The molecular weight excluding hydrogens is 430 g/mol.